The Morgan fingerprint density at radius 3 is 2.41 bits per heavy atom. The highest BCUT2D eigenvalue weighted by Gasteiger charge is 2.02. The van der Waals surface area contributed by atoms with Crippen LogP contribution in [0.2, 0.25) is 0 Å². The third-order valence-corrected chi connectivity index (χ3v) is 3.24. The van der Waals surface area contributed by atoms with Crippen molar-refractivity contribution >= 4 is 23.0 Å². The summed E-state index contributed by atoms with van der Waals surface area (Å²) in [5, 5.41) is 0.151. The molecule has 1 aromatic carbocycles. The van der Waals surface area contributed by atoms with Gasteiger partial charge in [0.2, 0.25) is 0 Å². The van der Waals surface area contributed by atoms with Crippen LogP contribution >= 0.6 is 11.8 Å². The van der Waals surface area contributed by atoms with Gasteiger partial charge >= 0.3 is 0 Å². The summed E-state index contributed by atoms with van der Waals surface area (Å²) < 4.78 is 5.22. The topological polar surface area (TPSA) is 26.3 Å². The highest BCUT2D eigenvalue weighted by Crippen LogP contribution is 2.22. The van der Waals surface area contributed by atoms with Gasteiger partial charge in [-0.3, -0.25) is 4.79 Å². The Balaban J connectivity index is 2.80. The summed E-state index contributed by atoms with van der Waals surface area (Å²) in [7, 11) is 1.67. The maximum absolute atomic E-state index is 10.8. The van der Waals surface area contributed by atoms with Gasteiger partial charge in [0.05, 0.1) is 7.11 Å². The predicted molar refractivity (Wildman–Crippen MR) is 74.6 cm³/mol. The predicted octanol–water partition coefficient (Wildman–Crippen LogP) is 3.60. The molecule has 2 nitrogen and oxygen atoms in total. The van der Waals surface area contributed by atoms with Gasteiger partial charge in [0.25, 0.3) is 0 Å². The minimum Gasteiger partial charge on any atom is -0.497 e. The second-order valence-electron chi connectivity index (χ2n) is 3.88. The van der Waals surface area contributed by atoms with Crippen molar-refractivity contribution in [2.24, 2.45) is 0 Å². The van der Waals surface area contributed by atoms with E-state index in [9.17, 15) is 4.79 Å². The fourth-order valence-corrected chi connectivity index (χ4v) is 2.07. The van der Waals surface area contributed by atoms with E-state index >= 15 is 0 Å². The number of carbonyl (C=O) groups is 1. The summed E-state index contributed by atoms with van der Waals surface area (Å²) >= 11 is 1.32. The van der Waals surface area contributed by atoms with Gasteiger partial charge in [-0.15, -0.1) is 0 Å². The summed E-state index contributed by atoms with van der Waals surface area (Å²) in [6.07, 6.45) is 4.09. The highest BCUT2D eigenvalue weighted by atomic mass is 32.2. The largest absolute Gasteiger partial charge is 0.497 e. The minimum atomic E-state index is 0.151. The number of benzene rings is 1. The zero-order valence-electron chi connectivity index (χ0n) is 10.7. The monoisotopic (exact) mass is 250 g/mol. The highest BCUT2D eigenvalue weighted by molar-refractivity contribution is 8.13. The number of rotatable bonds is 4. The van der Waals surface area contributed by atoms with E-state index in [-0.39, 0.29) is 5.12 Å². The van der Waals surface area contributed by atoms with Crippen LogP contribution in [0.1, 0.15) is 23.6 Å². The number of methoxy groups -OCH3 is 1. The molecule has 0 unspecified atom stereocenters. The third kappa shape index (κ3) is 4.27. The van der Waals surface area contributed by atoms with Gasteiger partial charge in [-0.25, -0.2) is 0 Å². The van der Waals surface area contributed by atoms with E-state index in [4.69, 9.17) is 4.74 Å². The Morgan fingerprint density at radius 2 is 1.94 bits per heavy atom. The van der Waals surface area contributed by atoms with Crippen LogP contribution in [0.4, 0.5) is 0 Å². The second-order valence-corrected chi connectivity index (χ2v) is 5.08. The average Bonchev–Trinajstić information content (AvgIpc) is 2.26. The molecule has 0 atom stereocenters. The Kier molecular flexibility index (Phi) is 5.29. The van der Waals surface area contributed by atoms with Gasteiger partial charge in [0, 0.05) is 12.7 Å². The summed E-state index contributed by atoms with van der Waals surface area (Å²) in [6.45, 7) is 5.71. The lowest BCUT2D eigenvalue weighted by Gasteiger charge is -2.08. The SMILES string of the molecule is COc1cc(C)c(C=CCSC(C)=O)c(C)c1. The lowest BCUT2D eigenvalue weighted by atomic mass is 10.0. The molecule has 3 heteroatoms. The number of aryl methyl sites for hydroxylation is 2. The first-order chi connectivity index (χ1) is 8.04. The molecule has 17 heavy (non-hydrogen) atoms. The van der Waals surface area contributed by atoms with Crippen molar-refractivity contribution < 1.29 is 9.53 Å². The first kappa shape index (κ1) is 13.8. The molecular formula is C14H18O2S. The van der Waals surface area contributed by atoms with Crippen LogP contribution in [0, 0.1) is 13.8 Å². The molecule has 0 bridgehead atoms. The number of thioether (sulfide) groups is 1. The summed E-state index contributed by atoms with van der Waals surface area (Å²) in [5.41, 5.74) is 3.58. The van der Waals surface area contributed by atoms with E-state index in [0.717, 1.165) is 11.5 Å². The van der Waals surface area contributed by atoms with Crippen molar-refractivity contribution in [3.05, 3.63) is 34.9 Å². The zero-order valence-corrected chi connectivity index (χ0v) is 11.6. The van der Waals surface area contributed by atoms with E-state index in [1.165, 1.54) is 28.5 Å². The number of hydrogen-bond acceptors (Lipinski definition) is 3. The molecule has 0 spiro atoms. The molecule has 0 fully saturated rings. The van der Waals surface area contributed by atoms with E-state index in [0.29, 0.717) is 0 Å². The van der Waals surface area contributed by atoms with E-state index in [1.807, 2.05) is 18.2 Å². The molecule has 0 aliphatic rings. The summed E-state index contributed by atoms with van der Waals surface area (Å²) in [5.74, 6) is 1.61. The fourth-order valence-electron chi connectivity index (χ4n) is 1.65. The molecule has 0 aliphatic heterocycles. The molecule has 0 heterocycles. The molecular weight excluding hydrogens is 232 g/mol. The van der Waals surface area contributed by atoms with Crippen molar-refractivity contribution in [3.63, 3.8) is 0 Å². The molecule has 1 aromatic rings. The van der Waals surface area contributed by atoms with E-state index in [1.54, 1.807) is 14.0 Å². The normalized spacial score (nSPS) is 10.8. The minimum absolute atomic E-state index is 0.151. The Morgan fingerprint density at radius 1 is 1.35 bits per heavy atom. The van der Waals surface area contributed by atoms with Gasteiger partial charge in [-0.05, 0) is 42.7 Å². The Hall–Kier alpha value is -1.22. The summed E-state index contributed by atoms with van der Waals surface area (Å²) in [4.78, 5) is 10.8. The smallest absolute Gasteiger partial charge is 0.186 e. The molecule has 0 radical (unpaired) electrons. The van der Waals surface area contributed by atoms with Gasteiger partial charge in [0.1, 0.15) is 5.75 Å². The molecule has 0 amide bonds. The van der Waals surface area contributed by atoms with Crippen LogP contribution in [0.5, 0.6) is 5.75 Å². The molecule has 0 aromatic heterocycles. The van der Waals surface area contributed by atoms with Gasteiger partial charge < -0.3 is 4.74 Å². The number of carbonyl (C=O) groups excluding carboxylic acids is 1. The molecule has 0 aliphatic carbocycles. The fraction of sp³-hybridized carbons (Fsp3) is 0.357. The summed E-state index contributed by atoms with van der Waals surface area (Å²) in [6, 6.07) is 4.04. The van der Waals surface area contributed by atoms with Gasteiger partial charge in [-0.2, -0.15) is 0 Å². The first-order valence-electron chi connectivity index (χ1n) is 5.49. The van der Waals surface area contributed by atoms with E-state index < -0.39 is 0 Å². The van der Waals surface area contributed by atoms with Crippen molar-refractivity contribution in [3.8, 4) is 5.75 Å². The quantitative estimate of drug-likeness (QED) is 0.816. The van der Waals surface area contributed by atoms with Crippen LogP contribution in [0.3, 0.4) is 0 Å². The van der Waals surface area contributed by atoms with Crippen LogP contribution in [-0.2, 0) is 4.79 Å². The van der Waals surface area contributed by atoms with E-state index in [2.05, 4.69) is 19.9 Å². The van der Waals surface area contributed by atoms with Crippen molar-refractivity contribution in [1.29, 1.82) is 0 Å². The van der Waals surface area contributed by atoms with Crippen LogP contribution in [0.25, 0.3) is 6.08 Å². The Labute approximate surface area is 107 Å². The second kappa shape index (κ2) is 6.50. The van der Waals surface area contributed by atoms with Crippen molar-refractivity contribution in [1.82, 2.24) is 0 Å². The van der Waals surface area contributed by atoms with Gasteiger partial charge in [0.15, 0.2) is 5.12 Å². The molecule has 1 rings (SSSR count). The Bertz CT molecular complexity index is 413. The molecule has 92 valence electrons. The third-order valence-electron chi connectivity index (χ3n) is 2.47. The molecule has 0 saturated carbocycles. The molecule has 0 N–H and O–H groups in total. The first-order valence-corrected chi connectivity index (χ1v) is 6.48. The average molecular weight is 250 g/mol. The standard InChI is InChI=1S/C14H18O2S/c1-10-8-13(16-4)9-11(2)14(10)6-5-7-17-12(3)15/h5-6,8-9H,7H2,1-4H3. The zero-order chi connectivity index (χ0) is 12.8. The lowest BCUT2D eigenvalue weighted by molar-refractivity contribution is -0.109. The van der Waals surface area contributed by atoms with Gasteiger partial charge in [-0.1, -0.05) is 23.9 Å². The maximum Gasteiger partial charge on any atom is 0.186 e. The number of ether oxygens (including phenoxy) is 1. The number of hydrogen-bond donors (Lipinski definition) is 0. The van der Waals surface area contributed by atoms with Crippen molar-refractivity contribution in [2.45, 2.75) is 20.8 Å². The van der Waals surface area contributed by atoms with Crippen LogP contribution in [-0.4, -0.2) is 18.0 Å². The van der Waals surface area contributed by atoms with Crippen LogP contribution < -0.4 is 4.74 Å². The molecule has 0 saturated heterocycles. The maximum atomic E-state index is 10.8. The van der Waals surface area contributed by atoms with Crippen LogP contribution in [0.15, 0.2) is 18.2 Å². The van der Waals surface area contributed by atoms with Crippen molar-refractivity contribution in [2.75, 3.05) is 12.9 Å². The lowest BCUT2D eigenvalue weighted by Crippen LogP contribution is -1.91.